The van der Waals surface area contributed by atoms with Gasteiger partial charge < -0.3 is 10.5 Å². The minimum atomic E-state index is -0.351. The van der Waals surface area contributed by atoms with Gasteiger partial charge in [-0.1, -0.05) is 6.92 Å². The van der Waals surface area contributed by atoms with Crippen LogP contribution in [0.4, 0.5) is 0 Å². The number of carbonyl (C=O) groups is 1. The van der Waals surface area contributed by atoms with Gasteiger partial charge in [-0.15, -0.1) is 0 Å². The Bertz CT molecular complexity index is 447. The number of aromatic nitrogens is 1. The van der Waals surface area contributed by atoms with Gasteiger partial charge in [-0.05, 0) is 37.4 Å². The summed E-state index contributed by atoms with van der Waals surface area (Å²) >= 11 is 0. The molecule has 5 heteroatoms. The highest BCUT2D eigenvalue weighted by Crippen LogP contribution is 2.23. The Kier molecular flexibility index (Phi) is 5.09. The summed E-state index contributed by atoms with van der Waals surface area (Å²) < 4.78 is 4.67. The molecular weight excluding hydrogens is 254 g/mol. The Morgan fingerprint density at radius 3 is 2.95 bits per heavy atom. The molecule has 0 aliphatic carbocycles. The molecule has 2 atom stereocenters. The molecule has 2 N–H and O–H groups in total. The van der Waals surface area contributed by atoms with Crippen LogP contribution in [0.25, 0.3) is 0 Å². The minimum absolute atomic E-state index is 0.351. The molecule has 1 aromatic heterocycles. The number of piperidine rings is 1. The molecular formula is C15H23N3O2. The number of nitrogens with zero attached hydrogens (tertiary/aromatic N) is 2. The van der Waals surface area contributed by atoms with Crippen molar-refractivity contribution < 1.29 is 9.53 Å². The molecule has 2 heterocycles. The number of methoxy groups -OCH3 is 1. The van der Waals surface area contributed by atoms with Crippen LogP contribution in [0.1, 0.15) is 35.8 Å². The first-order valence-corrected chi connectivity index (χ1v) is 7.13. The van der Waals surface area contributed by atoms with Crippen molar-refractivity contribution >= 4 is 5.97 Å². The highest BCUT2D eigenvalue weighted by Gasteiger charge is 2.27. The lowest BCUT2D eigenvalue weighted by molar-refractivity contribution is 0.0600. The third kappa shape index (κ3) is 3.35. The highest BCUT2D eigenvalue weighted by molar-refractivity contribution is 5.88. The molecule has 0 saturated carbocycles. The van der Waals surface area contributed by atoms with Gasteiger partial charge in [0.2, 0.25) is 0 Å². The standard InChI is InChI=1S/C15H23N3O2/c1-11-4-3-7-18(14(11)8-16)10-13-6-5-12(9-17-13)15(19)20-2/h5-6,9,11,14H,3-4,7-8,10,16H2,1-2H3. The molecule has 0 radical (unpaired) electrons. The molecule has 0 spiro atoms. The second-order valence-electron chi connectivity index (χ2n) is 5.42. The fourth-order valence-electron chi connectivity index (χ4n) is 2.88. The van der Waals surface area contributed by atoms with Crippen LogP contribution in [0.15, 0.2) is 18.3 Å². The monoisotopic (exact) mass is 277 g/mol. The van der Waals surface area contributed by atoms with E-state index >= 15 is 0 Å². The number of hydrogen-bond acceptors (Lipinski definition) is 5. The van der Waals surface area contributed by atoms with Crippen LogP contribution in [0, 0.1) is 5.92 Å². The van der Waals surface area contributed by atoms with E-state index in [1.165, 1.54) is 20.0 Å². The second kappa shape index (κ2) is 6.81. The van der Waals surface area contributed by atoms with E-state index in [4.69, 9.17) is 5.73 Å². The molecule has 1 saturated heterocycles. The Morgan fingerprint density at radius 1 is 1.55 bits per heavy atom. The van der Waals surface area contributed by atoms with E-state index in [2.05, 4.69) is 21.5 Å². The summed E-state index contributed by atoms with van der Waals surface area (Å²) in [4.78, 5) is 18.1. The fraction of sp³-hybridized carbons (Fsp3) is 0.600. The zero-order valence-corrected chi connectivity index (χ0v) is 12.2. The van der Waals surface area contributed by atoms with Gasteiger partial charge in [0, 0.05) is 25.3 Å². The SMILES string of the molecule is COC(=O)c1ccc(CN2CCCC(C)C2CN)nc1. The van der Waals surface area contributed by atoms with Crippen molar-refractivity contribution in [3.05, 3.63) is 29.6 Å². The number of likely N-dealkylation sites (tertiary alicyclic amines) is 1. The van der Waals surface area contributed by atoms with E-state index in [1.807, 2.05) is 6.07 Å². The Balaban J connectivity index is 2.03. The first kappa shape index (κ1) is 14.9. The number of rotatable bonds is 4. The van der Waals surface area contributed by atoms with E-state index in [0.717, 1.165) is 18.8 Å². The number of carbonyl (C=O) groups excluding carboxylic acids is 1. The molecule has 1 fully saturated rings. The third-order valence-corrected chi connectivity index (χ3v) is 4.08. The predicted octanol–water partition coefficient (Wildman–Crippen LogP) is 1.43. The van der Waals surface area contributed by atoms with Gasteiger partial charge in [0.1, 0.15) is 0 Å². The van der Waals surface area contributed by atoms with Crippen LogP contribution in [-0.4, -0.2) is 42.1 Å². The molecule has 2 rings (SSSR count). The summed E-state index contributed by atoms with van der Waals surface area (Å²) in [5.74, 6) is 0.276. The Morgan fingerprint density at radius 2 is 2.35 bits per heavy atom. The van der Waals surface area contributed by atoms with Gasteiger partial charge in [-0.25, -0.2) is 4.79 Å². The lowest BCUT2D eigenvalue weighted by Gasteiger charge is -2.39. The quantitative estimate of drug-likeness (QED) is 0.843. The van der Waals surface area contributed by atoms with E-state index < -0.39 is 0 Å². The van der Waals surface area contributed by atoms with E-state index in [1.54, 1.807) is 12.3 Å². The van der Waals surface area contributed by atoms with Gasteiger partial charge in [0.15, 0.2) is 0 Å². The number of pyridine rings is 1. The molecule has 0 bridgehead atoms. The maximum absolute atomic E-state index is 11.4. The van der Waals surface area contributed by atoms with Gasteiger partial charge in [0.25, 0.3) is 0 Å². The third-order valence-electron chi connectivity index (χ3n) is 4.08. The predicted molar refractivity (Wildman–Crippen MR) is 77.2 cm³/mol. The van der Waals surface area contributed by atoms with Crippen LogP contribution in [-0.2, 0) is 11.3 Å². The van der Waals surface area contributed by atoms with Crippen molar-refractivity contribution in [3.8, 4) is 0 Å². The lowest BCUT2D eigenvalue weighted by Crippen LogP contribution is -2.48. The normalized spacial score (nSPS) is 23.6. The molecule has 0 aromatic carbocycles. The Labute approximate surface area is 120 Å². The average Bonchev–Trinajstić information content (AvgIpc) is 2.47. The minimum Gasteiger partial charge on any atom is -0.465 e. The smallest absolute Gasteiger partial charge is 0.339 e. The number of hydrogen-bond donors (Lipinski definition) is 1. The van der Waals surface area contributed by atoms with Crippen LogP contribution < -0.4 is 5.73 Å². The summed E-state index contributed by atoms with van der Waals surface area (Å²) in [7, 11) is 1.37. The first-order chi connectivity index (χ1) is 9.65. The molecule has 20 heavy (non-hydrogen) atoms. The molecule has 0 amide bonds. The zero-order chi connectivity index (χ0) is 14.5. The summed E-state index contributed by atoms with van der Waals surface area (Å²) in [6.07, 6.45) is 4.02. The summed E-state index contributed by atoms with van der Waals surface area (Å²) in [5.41, 5.74) is 7.34. The largest absolute Gasteiger partial charge is 0.465 e. The van der Waals surface area contributed by atoms with Gasteiger partial charge in [0.05, 0.1) is 18.4 Å². The van der Waals surface area contributed by atoms with E-state index in [0.29, 0.717) is 24.1 Å². The maximum Gasteiger partial charge on any atom is 0.339 e. The molecule has 1 aromatic rings. The van der Waals surface area contributed by atoms with Crippen molar-refractivity contribution in [2.75, 3.05) is 20.2 Å². The van der Waals surface area contributed by atoms with Crippen LogP contribution >= 0.6 is 0 Å². The summed E-state index contributed by atoms with van der Waals surface area (Å²) in [5, 5.41) is 0. The van der Waals surface area contributed by atoms with Gasteiger partial charge in [-0.2, -0.15) is 0 Å². The van der Waals surface area contributed by atoms with Crippen LogP contribution in [0.2, 0.25) is 0 Å². The number of nitrogens with two attached hydrogens (primary N) is 1. The van der Waals surface area contributed by atoms with Crippen molar-refractivity contribution in [1.29, 1.82) is 0 Å². The topological polar surface area (TPSA) is 68.5 Å². The summed E-state index contributed by atoms with van der Waals surface area (Å²) in [6.45, 7) is 4.79. The molecule has 2 unspecified atom stereocenters. The molecule has 110 valence electrons. The number of ether oxygens (including phenoxy) is 1. The summed E-state index contributed by atoms with van der Waals surface area (Å²) in [6, 6.07) is 4.07. The maximum atomic E-state index is 11.4. The molecule has 1 aliphatic heterocycles. The van der Waals surface area contributed by atoms with Crippen LogP contribution in [0.5, 0.6) is 0 Å². The van der Waals surface area contributed by atoms with Gasteiger partial charge >= 0.3 is 5.97 Å². The zero-order valence-electron chi connectivity index (χ0n) is 12.2. The van der Waals surface area contributed by atoms with E-state index in [-0.39, 0.29) is 5.97 Å². The van der Waals surface area contributed by atoms with Gasteiger partial charge in [-0.3, -0.25) is 9.88 Å². The average molecular weight is 277 g/mol. The Hall–Kier alpha value is -1.46. The lowest BCUT2D eigenvalue weighted by atomic mass is 9.90. The molecule has 1 aliphatic rings. The second-order valence-corrected chi connectivity index (χ2v) is 5.42. The van der Waals surface area contributed by atoms with E-state index in [9.17, 15) is 4.79 Å². The highest BCUT2D eigenvalue weighted by atomic mass is 16.5. The van der Waals surface area contributed by atoms with Crippen molar-refractivity contribution in [3.63, 3.8) is 0 Å². The molecule has 5 nitrogen and oxygen atoms in total. The van der Waals surface area contributed by atoms with Crippen molar-refractivity contribution in [2.24, 2.45) is 11.7 Å². The van der Waals surface area contributed by atoms with Crippen LogP contribution in [0.3, 0.4) is 0 Å². The van der Waals surface area contributed by atoms with Crippen molar-refractivity contribution in [1.82, 2.24) is 9.88 Å². The fourth-order valence-corrected chi connectivity index (χ4v) is 2.88. The first-order valence-electron chi connectivity index (χ1n) is 7.13. The number of esters is 1. The van der Waals surface area contributed by atoms with Crippen molar-refractivity contribution in [2.45, 2.75) is 32.4 Å².